The normalized spacial score (nSPS) is 10.9. The molecular formula is C20H18ClN5O4. The van der Waals surface area contributed by atoms with E-state index in [1.807, 2.05) is 30.3 Å². The van der Waals surface area contributed by atoms with E-state index in [9.17, 15) is 14.9 Å². The Hall–Kier alpha value is -3.72. The molecule has 0 bridgehead atoms. The number of para-hydroxylation sites is 1. The zero-order valence-electron chi connectivity index (χ0n) is 16.2. The predicted octanol–water partition coefficient (Wildman–Crippen LogP) is 3.58. The Morgan fingerprint density at radius 2 is 2.03 bits per heavy atom. The lowest BCUT2D eigenvalue weighted by Crippen LogP contribution is -2.24. The summed E-state index contributed by atoms with van der Waals surface area (Å²) in [6, 6.07) is 13.8. The number of rotatable bonds is 7. The zero-order chi connectivity index (χ0) is 21.7. The van der Waals surface area contributed by atoms with Gasteiger partial charge in [0.05, 0.1) is 28.1 Å². The van der Waals surface area contributed by atoms with Crippen molar-refractivity contribution >= 4 is 29.4 Å². The van der Waals surface area contributed by atoms with Crippen LogP contribution in [0.4, 0.5) is 5.69 Å². The molecule has 9 nitrogen and oxygen atoms in total. The number of benzene rings is 2. The largest absolute Gasteiger partial charge is 0.477 e. The van der Waals surface area contributed by atoms with Crippen LogP contribution in [0.25, 0.3) is 5.69 Å². The van der Waals surface area contributed by atoms with Gasteiger partial charge < -0.3 is 4.74 Å². The average molecular weight is 428 g/mol. The molecule has 1 heterocycles. The Morgan fingerprint density at radius 3 is 2.73 bits per heavy atom. The fourth-order valence-electron chi connectivity index (χ4n) is 2.63. The van der Waals surface area contributed by atoms with Crippen molar-refractivity contribution in [1.82, 2.24) is 15.2 Å². The third-order valence-electron chi connectivity index (χ3n) is 4.10. The predicted molar refractivity (Wildman–Crippen MR) is 112 cm³/mol. The van der Waals surface area contributed by atoms with E-state index in [0.717, 1.165) is 5.69 Å². The number of nitro benzene ring substituents is 1. The lowest BCUT2D eigenvalue weighted by Gasteiger charge is -2.06. The lowest BCUT2D eigenvalue weighted by molar-refractivity contribution is -0.385. The van der Waals surface area contributed by atoms with E-state index in [1.165, 1.54) is 18.3 Å². The first-order chi connectivity index (χ1) is 14.4. The highest BCUT2D eigenvalue weighted by Gasteiger charge is 2.16. The highest BCUT2D eigenvalue weighted by molar-refractivity contribution is 6.32. The average Bonchev–Trinajstić information content (AvgIpc) is 3.01. The van der Waals surface area contributed by atoms with Crippen molar-refractivity contribution in [2.75, 3.05) is 6.61 Å². The maximum Gasteiger partial charge on any atom is 0.311 e. The fourth-order valence-corrected chi connectivity index (χ4v) is 2.96. The van der Waals surface area contributed by atoms with E-state index in [1.54, 1.807) is 24.6 Å². The first-order valence-corrected chi connectivity index (χ1v) is 9.25. The van der Waals surface area contributed by atoms with Gasteiger partial charge in [-0.15, -0.1) is 0 Å². The summed E-state index contributed by atoms with van der Waals surface area (Å²) < 4.78 is 6.83. The van der Waals surface area contributed by atoms with Crippen molar-refractivity contribution in [3.05, 3.63) is 80.6 Å². The molecule has 1 N–H and O–H groups in total. The Morgan fingerprint density at radius 1 is 1.30 bits per heavy atom. The molecule has 1 aromatic heterocycles. The van der Waals surface area contributed by atoms with Gasteiger partial charge in [0.1, 0.15) is 5.15 Å². The number of hydrogen-bond donors (Lipinski definition) is 1. The third-order valence-corrected chi connectivity index (χ3v) is 4.47. The molecule has 0 spiro atoms. The zero-order valence-corrected chi connectivity index (χ0v) is 17.0. The number of hydrazone groups is 1. The second kappa shape index (κ2) is 9.19. The summed E-state index contributed by atoms with van der Waals surface area (Å²) in [5.41, 5.74) is 4.79. The van der Waals surface area contributed by atoms with Gasteiger partial charge in [-0.1, -0.05) is 35.9 Å². The SMILES string of the molecule is Cc1ccc(OCC(=O)N/N=C\c2c(C)nn(-c3ccccc3)c2Cl)c([N+](=O)[O-])c1. The van der Waals surface area contributed by atoms with Crippen LogP contribution in [0.1, 0.15) is 16.8 Å². The van der Waals surface area contributed by atoms with E-state index >= 15 is 0 Å². The molecule has 0 unspecified atom stereocenters. The monoisotopic (exact) mass is 427 g/mol. The fraction of sp³-hybridized carbons (Fsp3) is 0.150. The van der Waals surface area contributed by atoms with Gasteiger partial charge in [-0.05, 0) is 37.6 Å². The van der Waals surface area contributed by atoms with Gasteiger partial charge in [-0.25, -0.2) is 10.1 Å². The molecule has 0 aliphatic carbocycles. The molecule has 30 heavy (non-hydrogen) atoms. The van der Waals surface area contributed by atoms with Crippen LogP contribution >= 0.6 is 11.6 Å². The maximum absolute atomic E-state index is 12.0. The number of hydrogen-bond acceptors (Lipinski definition) is 6. The first kappa shape index (κ1) is 21.0. The second-order valence-electron chi connectivity index (χ2n) is 6.35. The summed E-state index contributed by atoms with van der Waals surface area (Å²) in [4.78, 5) is 22.5. The first-order valence-electron chi connectivity index (χ1n) is 8.87. The van der Waals surface area contributed by atoms with Gasteiger partial charge in [0, 0.05) is 6.07 Å². The number of halogens is 1. The Labute approximate surface area is 177 Å². The minimum atomic E-state index is -0.578. The molecule has 0 aliphatic heterocycles. The number of carbonyl (C=O) groups is 1. The van der Waals surface area contributed by atoms with Gasteiger partial charge >= 0.3 is 5.69 Å². The van der Waals surface area contributed by atoms with Crippen LogP contribution in [0.15, 0.2) is 53.6 Å². The molecule has 3 aromatic rings. The molecule has 0 saturated carbocycles. The molecule has 0 atom stereocenters. The highest BCUT2D eigenvalue weighted by atomic mass is 35.5. The number of ether oxygens (including phenoxy) is 1. The minimum Gasteiger partial charge on any atom is -0.477 e. The molecule has 3 rings (SSSR count). The molecule has 1 amide bonds. The maximum atomic E-state index is 12.0. The van der Waals surface area contributed by atoms with Gasteiger partial charge in [0.25, 0.3) is 5.91 Å². The number of nitrogens with one attached hydrogen (secondary N) is 1. The molecule has 10 heteroatoms. The minimum absolute atomic E-state index is 0.00718. The smallest absolute Gasteiger partial charge is 0.311 e. The molecular weight excluding hydrogens is 410 g/mol. The summed E-state index contributed by atoms with van der Waals surface area (Å²) in [6.45, 7) is 3.07. The van der Waals surface area contributed by atoms with Crippen molar-refractivity contribution in [2.24, 2.45) is 5.10 Å². The van der Waals surface area contributed by atoms with E-state index in [4.69, 9.17) is 16.3 Å². The van der Waals surface area contributed by atoms with Crippen LogP contribution in [-0.2, 0) is 4.79 Å². The number of nitro groups is 1. The topological polar surface area (TPSA) is 112 Å². The molecule has 0 radical (unpaired) electrons. The number of aromatic nitrogens is 2. The third kappa shape index (κ3) is 4.81. The summed E-state index contributed by atoms with van der Waals surface area (Å²) >= 11 is 6.39. The van der Waals surface area contributed by atoms with Crippen LogP contribution in [0.5, 0.6) is 5.75 Å². The van der Waals surface area contributed by atoms with Crippen LogP contribution in [0.2, 0.25) is 5.15 Å². The molecule has 154 valence electrons. The van der Waals surface area contributed by atoms with Gasteiger partial charge in [-0.3, -0.25) is 14.9 Å². The molecule has 0 saturated heterocycles. The molecule has 0 fully saturated rings. The van der Waals surface area contributed by atoms with E-state index in [2.05, 4.69) is 15.6 Å². The standard InChI is InChI=1S/C20H18ClN5O4/c1-13-8-9-18(17(10-13)26(28)29)30-12-19(27)23-22-11-16-14(2)24-25(20(16)21)15-6-4-3-5-7-15/h3-11H,12H2,1-2H3,(H,23,27)/b22-11-. The lowest BCUT2D eigenvalue weighted by atomic mass is 10.2. The van der Waals surface area contributed by atoms with Crippen molar-refractivity contribution < 1.29 is 14.5 Å². The Bertz CT molecular complexity index is 1110. The van der Waals surface area contributed by atoms with Crippen LogP contribution in [0.3, 0.4) is 0 Å². The van der Waals surface area contributed by atoms with Gasteiger partial charge in [-0.2, -0.15) is 10.2 Å². The summed E-state index contributed by atoms with van der Waals surface area (Å²) in [5, 5.41) is 19.7. The number of aryl methyl sites for hydroxylation is 2. The second-order valence-corrected chi connectivity index (χ2v) is 6.71. The quantitative estimate of drug-likeness (QED) is 0.352. The summed E-state index contributed by atoms with van der Waals surface area (Å²) in [7, 11) is 0. The van der Waals surface area contributed by atoms with Crippen molar-refractivity contribution in [3.8, 4) is 11.4 Å². The van der Waals surface area contributed by atoms with Gasteiger partial charge in [0.15, 0.2) is 12.4 Å². The number of nitrogens with zero attached hydrogens (tertiary/aromatic N) is 4. The van der Waals surface area contributed by atoms with E-state index in [0.29, 0.717) is 22.0 Å². The highest BCUT2D eigenvalue weighted by Crippen LogP contribution is 2.27. The van der Waals surface area contributed by atoms with E-state index < -0.39 is 17.4 Å². The van der Waals surface area contributed by atoms with Crippen molar-refractivity contribution in [2.45, 2.75) is 13.8 Å². The van der Waals surface area contributed by atoms with Gasteiger partial charge in [0.2, 0.25) is 0 Å². The number of amides is 1. The Kier molecular flexibility index (Phi) is 6.43. The Balaban J connectivity index is 1.63. The van der Waals surface area contributed by atoms with E-state index in [-0.39, 0.29) is 11.4 Å². The number of carbonyl (C=O) groups excluding carboxylic acids is 1. The van der Waals surface area contributed by atoms with Crippen LogP contribution in [0, 0.1) is 24.0 Å². The molecule has 0 aliphatic rings. The van der Waals surface area contributed by atoms with Crippen molar-refractivity contribution in [3.63, 3.8) is 0 Å². The van der Waals surface area contributed by atoms with Crippen molar-refractivity contribution in [1.29, 1.82) is 0 Å². The summed E-state index contributed by atoms with van der Waals surface area (Å²) in [5.74, 6) is -0.571. The van der Waals surface area contributed by atoms with Crippen LogP contribution < -0.4 is 10.2 Å². The summed E-state index contributed by atoms with van der Waals surface area (Å²) in [6.07, 6.45) is 1.39. The molecule has 2 aromatic carbocycles. The van der Waals surface area contributed by atoms with Crippen LogP contribution in [-0.4, -0.2) is 33.4 Å².